The summed E-state index contributed by atoms with van der Waals surface area (Å²) < 4.78 is 1.75. The number of nitrogens with zero attached hydrogens (tertiary/aromatic N) is 2. The molecule has 1 aliphatic rings. The molecule has 96 valence electrons. The van der Waals surface area contributed by atoms with Crippen molar-refractivity contribution in [2.75, 3.05) is 0 Å². The van der Waals surface area contributed by atoms with Crippen molar-refractivity contribution in [3.05, 3.63) is 18.0 Å². The number of aliphatic hydroxyl groups is 2. The lowest BCUT2D eigenvalue weighted by molar-refractivity contribution is -0.108. The number of hydrogen-bond donors (Lipinski definition) is 2. The second-order valence-corrected chi connectivity index (χ2v) is 5.26. The summed E-state index contributed by atoms with van der Waals surface area (Å²) in [5.41, 5.74) is -0.246. The third-order valence-electron chi connectivity index (χ3n) is 3.98. The van der Waals surface area contributed by atoms with Crippen molar-refractivity contribution >= 4 is 0 Å². The molecular formula is C13H22N2O2. The van der Waals surface area contributed by atoms with Crippen LogP contribution in [0.2, 0.25) is 0 Å². The summed E-state index contributed by atoms with van der Waals surface area (Å²) >= 11 is 0. The van der Waals surface area contributed by atoms with E-state index in [1.165, 1.54) is 0 Å². The van der Waals surface area contributed by atoms with Gasteiger partial charge >= 0.3 is 0 Å². The van der Waals surface area contributed by atoms with E-state index in [0.717, 1.165) is 18.5 Å². The summed E-state index contributed by atoms with van der Waals surface area (Å²) in [6, 6.07) is 1.80. The maximum atomic E-state index is 10.6. The molecule has 2 N–H and O–H groups in total. The maximum Gasteiger partial charge on any atom is 0.124 e. The minimum atomic E-state index is -0.973. The zero-order valence-electron chi connectivity index (χ0n) is 10.6. The summed E-state index contributed by atoms with van der Waals surface area (Å²) in [5.74, 6) is 0.651. The van der Waals surface area contributed by atoms with Crippen molar-refractivity contribution in [1.29, 1.82) is 0 Å². The minimum Gasteiger partial charge on any atom is -0.387 e. The summed E-state index contributed by atoms with van der Waals surface area (Å²) in [6.45, 7) is 4.89. The van der Waals surface area contributed by atoms with Crippen LogP contribution in [0.5, 0.6) is 0 Å². The van der Waals surface area contributed by atoms with Crippen molar-refractivity contribution in [1.82, 2.24) is 9.78 Å². The number of aryl methyl sites for hydroxylation is 1. The lowest BCUT2D eigenvalue weighted by Gasteiger charge is -2.38. The monoisotopic (exact) mass is 238 g/mol. The second kappa shape index (κ2) is 4.78. The van der Waals surface area contributed by atoms with Gasteiger partial charge < -0.3 is 10.2 Å². The highest BCUT2D eigenvalue weighted by Gasteiger charge is 2.40. The Hall–Kier alpha value is -0.870. The van der Waals surface area contributed by atoms with Gasteiger partial charge in [-0.1, -0.05) is 6.92 Å². The molecule has 1 fully saturated rings. The molecule has 0 aromatic carbocycles. The quantitative estimate of drug-likeness (QED) is 0.845. The van der Waals surface area contributed by atoms with E-state index in [9.17, 15) is 10.2 Å². The molecule has 1 atom stereocenters. The Bertz CT molecular complexity index is 367. The van der Waals surface area contributed by atoms with Gasteiger partial charge in [-0.25, -0.2) is 0 Å². The summed E-state index contributed by atoms with van der Waals surface area (Å²) in [6.07, 6.45) is 4.16. The Labute approximate surface area is 102 Å². The fourth-order valence-corrected chi connectivity index (χ4v) is 2.65. The number of hydrogen-bond acceptors (Lipinski definition) is 3. The van der Waals surface area contributed by atoms with Crippen molar-refractivity contribution < 1.29 is 10.2 Å². The van der Waals surface area contributed by atoms with Crippen LogP contribution < -0.4 is 0 Å². The Balaban J connectivity index is 2.16. The zero-order chi connectivity index (χ0) is 12.5. The molecule has 1 aromatic heterocycles. The maximum absolute atomic E-state index is 10.6. The molecule has 1 heterocycles. The van der Waals surface area contributed by atoms with Gasteiger partial charge in [0.15, 0.2) is 0 Å². The van der Waals surface area contributed by atoms with Gasteiger partial charge in [-0.05, 0) is 44.6 Å². The largest absolute Gasteiger partial charge is 0.387 e. The molecule has 4 nitrogen and oxygen atoms in total. The van der Waals surface area contributed by atoms with Crippen LogP contribution in [-0.4, -0.2) is 25.6 Å². The van der Waals surface area contributed by atoms with E-state index in [0.29, 0.717) is 25.3 Å². The van der Waals surface area contributed by atoms with Gasteiger partial charge in [-0.15, -0.1) is 0 Å². The van der Waals surface area contributed by atoms with Crippen LogP contribution in [0.25, 0.3) is 0 Å². The molecule has 0 spiro atoms. The fourth-order valence-electron chi connectivity index (χ4n) is 2.65. The van der Waals surface area contributed by atoms with E-state index in [-0.39, 0.29) is 0 Å². The van der Waals surface area contributed by atoms with Crippen molar-refractivity contribution in [3.8, 4) is 0 Å². The molecular weight excluding hydrogens is 216 g/mol. The third kappa shape index (κ3) is 2.38. The lowest BCUT2D eigenvalue weighted by Crippen LogP contribution is -2.40. The standard InChI is InChI=1S/C13H22N2O2/c1-3-15-11(6-9-14-15)12(16)13(17)7-4-10(2)5-8-13/h6,9-10,12,16-17H,3-5,7-8H2,1-2H3. The van der Waals surface area contributed by atoms with Crippen LogP contribution >= 0.6 is 0 Å². The average Bonchev–Trinajstić information content (AvgIpc) is 2.80. The van der Waals surface area contributed by atoms with Crippen molar-refractivity contribution in [3.63, 3.8) is 0 Å². The van der Waals surface area contributed by atoms with Gasteiger partial charge in [-0.2, -0.15) is 5.10 Å². The molecule has 17 heavy (non-hydrogen) atoms. The van der Waals surface area contributed by atoms with E-state index in [2.05, 4.69) is 12.0 Å². The third-order valence-corrected chi connectivity index (χ3v) is 3.98. The van der Waals surface area contributed by atoms with Gasteiger partial charge in [0.05, 0.1) is 11.3 Å². The molecule has 0 amide bonds. The Kier molecular flexibility index (Phi) is 3.54. The predicted octanol–water partition coefficient (Wildman–Crippen LogP) is 1.88. The average molecular weight is 238 g/mol. The van der Waals surface area contributed by atoms with Gasteiger partial charge in [0.25, 0.3) is 0 Å². The first-order valence-electron chi connectivity index (χ1n) is 6.49. The van der Waals surface area contributed by atoms with Gasteiger partial charge in [0, 0.05) is 12.7 Å². The van der Waals surface area contributed by atoms with E-state index in [1.807, 2.05) is 6.92 Å². The van der Waals surface area contributed by atoms with Crippen LogP contribution in [-0.2, 0) is 6.54 Å². The Morgan fingerprint density at radius 3 is 2.76 bits per heavy atom. The Morgan fingerprint density at radius 2 is 2.18 bits per heavy atom. The molecule has 0 bridgehead atoms. The van der Waals surface area contributed by atoms with Crippen molar-refractivity contribution in [2.45, 2.75) is 57.8 Å². The van der Waals surface area contributed by atoms with Crippen LogP contribution in [0.3, 0.4) is 0 Å². The molecule has 0 radical (unpaired) electrons. The first-order chi connectivity index (χ1) is 8.07. The second-order valence-electron chi connectivity index (χ2n) is 5.26. The molecule has 0 aliphatic heterocycles. The number of aromatic nitrogens is 2. The minimum absolute atomic E-state index is 0.651. The summed E-state index contributed by atoms with van der Waals surface area (Å²) in [5, 5.41) is 25.1. The van der Waals surface area contributed by atoms with E-state index < -0.39 is 11.7 Å². The molecule has 1 unspecified atom stereocenters. The van der Waals surface area contributed by atoms with Crippen LogP contribution in [0.1, 0.15) is 51.3 Å². The predicted molar refractivity (Wildman–Crippen MR) is 65.4 cm³/mol. The first-order valence-corrected chi connectivity index (χ1v) is 6.49. The van der Waals surface area contributed by atoms with Gasteiger partial charge in [0.2, 0.25) is 0 Å². The molecule has 1 aliphatic carbocycles. The lowest BCUT2D eigenvalue weighted by atomic mass is 9.76. The van der Waals surface area contributed by atoms with E-state index >= 15 is 0 Å². The zero-order valence-corrected chi connectivity index (χ0v) is 10.6. The van der Waals surface area contributed by atoms with Gasteiger partial charge in [0.1, 0.15) is 6.10 Å². The molecule has 1 saturated carbocycles. The summed E-state index contributed by atoms with van der Waals surface area (Å²) in [7, 11) is 0. The highest BCUT2D eigenvalue weighted by Crippen LogP contribution is 2.40. The number of rotatable bonds is 3. The number of aliphatic hydroxyl groups excluding tert-OH is 1. The molecule has 4 heteroatoms. The Morgan fingerprint density at radius 1 is 1.53 bits per heavy atom. The normalized spacial score (nSPS) is 31.4. The molecule has 1 aromatic rings. The highest BCUT2D eigenvalue weighted by atomic mass is 16.3. The van der Waals surface area contributed by atoms with Crippen LogP contribution in [0, 0.1) is 5.92 Å². The smallest absolute Gasteiger partial charge is 0.124 e. The molecule has 2 rings (SSSR count). The molecule has 0 saturated heterocycles. The van der Waals surface area contributed by atoms with Crippen LogP contribution in [0.4, 0.5) is 0 Å². The highest BCUT2D eigenvalue weighted by molar-refractivity contribution is 5.11. The van der Waals surface area contributed by atoms with Crippen LogP contribution in [0.15, 0.2) is 12.3 Å². The van der Waals surface area contributed by atoms with Crippen molar-refractivity contribution in [2.24, 2.45) is 5.92 Å². The van der Waals surface area contributed by atoms with E-state index in [4.69, 9.17) is 0 Å². The SMILES string of the molecule is CCn1nccc1C(O)C1(O)CCC(C)CC1. The topological polar surface area (TPSA) is 58.3 Å². The summed E-state index contributed by atoms with van der Waals surface area (Å²) in [4.78, 5) is 0. The fraction of sp³-hybridized carbons (Fsp3) is 0.769. The van der Waals surface area contributed by atoms with Gasteiger partial charge in [-0.3, -0.25) is 4.68 Å². The van der Waals surface area contributed by atoms with E-state index in [1.54, 1.807) is 16.9 Å². The first kappa shape index (κ1) is 12.6.